The van der Waals surface area contributed by atoms with Gasteiger partial charge in [-0.05, 0) is 68.8 Å². The number of carbonyl (C=O) groups excluding carboxylic acids is 1. The normalized spacial score (nSPS) is 13.7. The fraction of sp³-hybridized carbons (Fsp3) is 0.128. The van der Waals surface area contributed by atoms with Crippen molar-refractivity contribution >= 4 is 29.4 Å². The quantitative estimate of drug-likeness (QED) is 0.0924. The number of hydrogen-bond donors (Lipinski definition) is 0. The van der Waals surface area contributed by atoms with E-state index in [0.29, 0.717) is 23.1 Å². The Morgan fingerprint density at radius 1 is 0.673 bits per heavy atom. The van der Waals surface area contributed by atoms with E-state index in [0.717, 1.165) is 69.6 Å². The number of tetrazole rings is 1. The number of hydrogen-bond acceptors (Lipinski definition) is 5. The first-order chi connectivity index (χ1) is 27.0. The van der Waals surface area contributed by atoms with E-state index in [-0.39, 0.29) is 5.91 Å². The van der Waals surface area contributed by atoms with Crippen LogP contribution >= 0.6 is 11.6 Å². The van der Waals surface area contributed by atoms with Crippen molar-refractivity contribution in [1.82, 2.24) is 25.1 Å². The molecule has 6 aromatic carbocycles. The van der Waals surface area contributed by atoms with E-state index < -0.39 is 5.54 Å². The highest BCUT2D eigenvalue weighted by Crippen LogP contribution is 2.40. The van der Waals surface area contributed by atoms with Gasteiger partial charge in [-0.25, -0.2) is 4.99 Å². The predicted molar refractivity (Wildman–Crippen MR) is 220 cm³/mol. The third kappa shape index (κ3) is 7.14. The largest absolute Gasteiger partial charge is 0.290 e. The summed E-state index contributed by atoms with van der Waals surface area (Å²) < 4.78 is 0. The van der Waals surface area contributed by atoms with Crippen molar-refractivity contribution in [2.75, 3.05) is 0 Å². The summed E-state index contributed by atoms with van der Waals surface area (Å²) in [7, 11) is 0. The fourth-order valence-corrected chi connectivity index (χ4v) is 7.38. The maximum atomic E-state index is 13.7. The molecule has 7 aromatic rings. The van der Waals surface area contributed by atoms with E-state index in [1.807, 2.05) is 103 Å². The number of benzene rings is 6. The van der Waals surface area contributed by atoms with Gasteiger partial charge >= 0.3 is 0 Å². The molecule has 1 aliphatic heterocycles. The van der Waals surface area contributed by atoms with Gasteiger partial charge in [0.1, 0.15) is 11.5 Å². The zero-order valence-corrected chi connectivity index (χ0v) is 31.2. The maximum Gasteiger partial charge on any atom is 0.278 e. The number of nitrogens with zero attached hydrogens (tertiary/aromatic N) is 6. The van der Waals surface area contributed by atoms with E-state index in [9.17, 15) is 4.79 Å². The minimum Gasteiger partial charge on any atom is -0.290 e. The Hall–Kier alpha value is -6.44. The highest BCUT2D eigenvalue weighted by Gasteiger charge is 2.41. The zero-order chi connectivity index (χ0) is 37.6. The van der Waals surface area contributed by atoms with Crippen molar-refractivity contribution in [2.24, 2.45) is 4.99 Å². The summed E-state index contributed by atoms with van der Waals surface area (Å²) in [5.74, 6) is 1.22. The molecule has 7 nitrogen and oxygen atoms in total. The van der Waals surface area contributed by atoms with Crippen LogP contribution in [0.15, 0.2) is 174 Å². The monoisotopic (exact) mass is 738 g/mol. The molecule has 0 saturated heterocycles. The third-order valence-electron chi connectivity index (χ3n) is 10.0. The van der Waals surface area contributed by atoms with Gasteiger partial charge in [0.15, 0.2) is 5.54 Å². The first-order valence-electron chi connectivity index (χ1n) is 18.6. The van der Waals surface area contributed by atoms with Gasteiger partial charge in [-0.3, -0.25) is 9.69 Å². The molecule has 0 radical (unpaired) electrons. The average molecular weight is 739 g/mol. The van der Waals surface area contributed by atoms with E-state index >= 15 is 0 Å². The fourth-order valence-electron chi connectivity index (χ4n) is 7.25. The van der Waals surface area contributed by atoms with Crippen molar-refractivity contribution in [3.63, 3.8) is 0 Å². The second kappa shape index (κ2) is 15.9. The third-order valence-corrected chi connectivity index (χ3v) is 10.3. The van der Waals surface area contributed by atoms with Crippen LogP contribution in [0.5, 0.6) is 0 Å². The molecule has 8 rings (SSSR count). The van der Waals surface area contributed by atoms with Crippen molar-refractivity contribution in [2.45, 2.75) is 38.3 Å². The van der Waals surface area contributed by atoms with E-state index in [2.05, 4.69) is 73.7 Å². The molecule has 0 atom stereocenters. The number of aliphatic imine (C=N–C) groups is 1. The van der Waals surface area contributed by atoms with Crippen LogP contribution in [0.4, 0.5) is 0 Å². The first kappa shape index (κ1) is 35.6. The lowest BCUT2D eigenvalue weighted by Crippen LogP contribution is -2.39. The minimum absolute atomic E-state index is 0.0952. The van der Waals surface area contributed by atoms with Gasteiger partial charge in [0.25, 0.3) is 5.91 Å². The number of unbranched alkanes of at least 4 members (excludes halogenated alkanes) is 1. The Morgan fingerprint density at radius 3 is 1.82 bits per heavy atom. The van der Waals surface area contributed by atoms with E-state index in [4.69, 9.17) is 32.0 Å². The van der Waals surface area contributed by atoms with Crippen LogP contribution in [0.1, 0.15) is 54.0 Å². The molecule has 0 fully saturated rings. The number of aromatic nitrogens is 4. The van der Waals surface area contributed by atoms with Crippen LogP contribution in [-0.2, 0) is 16.9 Å². The summed E-state index contributed by atoms with van der Waals surface area (Å²) in [6, 6.07) is 54.9. The van der Waals surface area contributed by atoms with Gasteiger partial charge in [0.05, 0.1) is 6.54 Å². The van der Waals surface area contributed by atoms with Gasteiger partial charge < -0.3 is 0 Å². The Morgan fingerprint density at radius 2 is 1.24 bits per heavy atom. The lowest BCUT2D eigenvalue weighted by Gasteiger charge is -2.34. The lowest BCUT2D eigenvalue weighted by atomic mass is 9.77. The number of carbonyl (C=O) groups is 1. The molecule has 1 aromatic heterocycles. The molecule has 0 N–H and O–H groups in total. The van der Waals surface area contributed by atoms with E-state index in [1.54, 1.807) is 9.70 Å². The molecule has 0 bridgehead atoms. The van der Waals surface area contributed by atoms with Gasteiger partial charge in [0, 0.05) is 17.0 Å². The summed E-state index contributed by atoms with van der Waals surface area (Å²) in [5.41, 5.74) is 7.38. The second-order valence-electron chi connectivity index (χ2n) is 13.6. The van der Waals surface area contributed by atoms with Crippen molar-refractivity contribution in [1.29, 1.82) is 0 Å². The van der Waals surface area contributed by atoms with Crippen LogP contribution in [0.25, 0.3) is 28.6 Å². The Kier molecular flexibility index (Phi) is 10.3. The summed E-state index contributed by atoms with van der Waals surface area (Å²) in [5, 5.41) is 15.3. The van der Waals surface area contributed by atoms with Crippen molar-refractivity contribution in [3.05, 3.63) is 202 Å². The molecule has 0 aliphatic carbocycles. The maximum absolute atomic E-state index is 13.7. The lowest BCUT2D eigenvalue weighted by molar-refractivity contribution is -0.123. The molecule has 2 heterocycles. The Labute approximate surface area is 326 Å². The molecular weight excluding hydrogens is 700 g/mol. The van der Waals surface area contributed by atoms with Crippen LogP contribution in [0.3, 0.4) is 0 Å². The average Bonchev–Trinajstić information content (AvgIpc) is 3.84. The topological polar surface area (TPSA) is 76.3 Å². The van der Waals surface area contributed by atoms with Crippen LogP contribution in [0, 0.1) is 0 Å². The van der Waals surface area contributed by atoms with Crippen LogP contribution in [0.2, 0.25) is 5.02 Å². The Bertz CT molecular complexity index is 2360. The highest BCUT2D eigenvalue weighted by atomic mass is 35.5. The zero-order valence-electron chi connectivity index (χ0n) is 30.5. The minimum atomic E-state index is -0.873. The first-order valence-corrected chi connectivity index (χ1v) is 18.9. The number of rotatable bonds is 12. The smallest absolute Gasteiger partial charge is 0.278 e. The molecule has 1 aliphatic rings. The van der Waals surface area contributed by atoms with Crippen molar-refractivity contribution in [3.8, 4) is 22.5 Å². The summed E-state index contributed by atoms with van der Waals surface area (Å²) in [6.45, 7) is 2.57. The van der Waals surface area contributed by atoms with Crippen molar-refractivity contribution < 1.29 is 4.79 Å². The van der Waals surface area contributed by atoms with Gasteiger partial charge in [-0.15, -0.1) is 15.0 Å². The molecular formula is C47H39ClN6O. The molecule has 0 spiro atoms. The molecule has 270 valence electrons. The van der Waals surface area contributed by atoms with Crippen LogP contribution < -0.4 is 0 Å². The highest BCUT2D eigenvalue weighted by molar-refractivity contribution is 6.30. The molecule has 8 heteroatoms. The molecule has 55 heavy (non-hydrogen) atoms. The number of halogens is 1. The summed E-state index contributed by atoms with van der Waals surface area (Å²) in [6.07, 6.45) is 4.53. The second-order valence-corrected chi connectivity index (χ2v) is 14.0. The predicted octanol–water partition coefficient (Wildman–Crippen LogP) is 10.5. The standard InChI is InChI=1S/C47H39ClN6O/c1-2-3-23-44-49-43(32-34-26-30-40(48)31-27-34)46(55)53(44)33-35-24-28-36(29-25-35)41-21-13-14-22-42(41)45-50-52-54(51-45)47(37-15-7-4-8-16-37,38-17-9-5-10-18-38)39-19-11-6-12-20-39/h4-22,24-32H,2-3,23,33H2,1H3/b43-32-. The Balaban J connectivity index is 1.11. The molecule has 0 saturated carbocycles. The number of amides is 1. The van der Waals surface area contributed by atoms with Crippen LogP contribution in [-0.4, -0.2) is 36.8 Å². The summed E-state index contributed by atoms with van der Waals surface area (Å²) in [4.78, 5) is 22.0. The van der Waals surface area contributed by atoms with E-state index in [1.165, 1.54) is 0 Å². The molecule has 1 amide bonds. The van der Waals surface area contributed by atoms with Gasteiger partial charge in [-0.1, -0.05) is 177 Å². The summed E-state index contributed by atoms with van der Waals surface area (Å²) >= 11 is 6.09. The molecule has 0 unspecified atom stereocenters. The SMILES string of the molecule is CCCCC1=N/C(=C\c2ccc(Cl)cc2)C(=O)N1Cc1ccc(-c2ccccc2-c2nnn(C(c3ccccc3)(c3ccccc3)c3ccccc3)n2)cc1. The van der Waals surface area contributed by atoms with Gasteiger partial charge in [-0.2, -0.15) is 0 Å². The van der Waals surface area contributed by atoms with Gasteiger partial charge in [0.2, 0.25) is 5.82 Å². The number of amidine groups is 1.